The maximum Gasteiger partial charge on any atom is 0.0819 e. The van der Waals surface area contributed by atoms with E-state index < -0.39 is 5.60 Å². The lowest BCUT2D eigenvalue weighted by molar-refractivity contribution is 0.0381. The maximum atomic E-state index is 10.6. The van der Waals surface area contributed by atoms with Crippen molar-refractivity contribution in [1.82, 2.24) is 4.98 Å². The zero-order valence-corrected chi connectivity index (χ0v) is 11.8. The zero-order chi connectivity index (χ0) is 13.6. The average Bonchev–Trinajstić information content (AvgIpc) is 2.63. The Morgan fingerprint density at radius 2 is 1.74 bits per heavy atom. The number of pyridine rings is 1. The lowest BCUT2D eigenvalue weighted by atomic mass is 9.94. The maximum absolute atomic E-state index is 10.6. The van der Waals surface area contributed by atoms with E-state index in [9.17, 15) is 5.11 Å². The highest BCUT2D eigenvalue weighted by Gasteiger charge is 2.27. The minimum absolute atomic E-state index is 0.551. The fourth-order valence-electron chi connectivity index (χ4n) is 2.67. The van der Waals surface area contributed by atoms with Crippen molar-refractivity contribution in [3.8, 4) is 0 Å². The quantitative estimate of drug-likeness (QED) is 0.715. The molecule has 2 rings (SSSR count). The van der Waals surface area contributed by atoms with E-state index in [1.54, 1.807) is 6.20 Å². The Morgan fingerprint density at radius 3 is 2.37 bits per heavy atom. The highest BCUT2D eigenvalue weighted by atomic mass is 16.3. The molecule has 0 radical (unpaired) electrons. The molecule has 0 saturated heterocycles. The first-order valence-electron chi connectivity index (χ1n) is 7.37. The normalized spacial score (nSPS) is 18.6. The van der Waals surface area contributed by atoms with Crippen LogP contribution in [0.3, 0.4) is 0 Å². The summed E-state index contributed by atoms with van der Waals surface area (Å²) in [5.41, 5.74) is 1.43. The van der Waals surface area contributed by atoms with Crippen molar-refractivity contribution in [3.05, 3.63) is 18.5 Å². The molecule has 1 aliphatic carbocycles. The molecule has 1 fully saturated rings. The molecule has 106 valence electrons. The van der Waals surface area contributed by atoms with Gasteiger partial charge in [0.25, 0.3) is 0 Å². The molecule has 3 N–H and O–H groups in total. The topological polar surface area (TPSA) is 57.2 Å². The van der Waals surface area contributed by atoms with Gasteiger partial charge in [0.15, 0.2) is 0 Å². The van der Waals surface area contributed by atoms with Crippen LogP contribution < -0.4 is 10.6 Å². The minimum atomic E-state index is -0.551. The lowest BCUT2D eigenvalue weighted by Crippen LogP contribution is -2.36. The van der Waals surface area contributed by atoms with Gasteiger partial charge in [0.2, 0.25) is 0 Å². The second-order valence-electron chi connectivity index (χ2n) is 5.48. The molecule has 4 nitrogen and oxygen atoms in total. The fraction of sp³-hybridized carbons (Fsp3) is 0.667. The molecule has 0 bridgehead atoms. The average molecular weight is 263 g/mol. The van der Waals surface area contributed by atoms with E-state index in [1.807, 2.05) is 12.3 Å². The van der Waals surface area contributed by atoms with Crippen LogP contribution in [0.2, 0.25) is 0 Å². The minimum Gasteiger partial charge on any atom is -0.388 e. The largest absolute Gasteiger partial charge is 0.388 e. The number of rotatable bonds is 5. The summed E-state index contributed by atoms with van der Waals surface area (Å²) in [6.45, 7) is 3.56. The van der Waals surface area contributed by atoms with Gasteiger partial charge in [-0.05, 0) is 25.8 Å². The van der Waals surface area contributed by atoms with Crippen LogP contribution in [0.25, 0.3) is 0 Å². The van der Waals surface area contributed by atoms with Gasteiger partial charge in [-0.3, -0.25) is 4.98 Å². The molecule has 19 heavy (non-hydrogen) atoms. The van der Waals surface area contributed by atoms with Gasteiger partial charge in [-0.2, -0.15) is 0 Å². The molecule has 0 unspecified atom stereocenters. The molecule has 0 aliphatic heterocycles. The SMILES string of the molecule is CCNc1cncc(NCC2(O)CCCCCC2)c1. The van der Waals surface area contributed by atoms with Gasteiger partial charge in [-0.15, -0.1) is 0 Å². The first-order chi connectivity index (χ1) is 9.22. The predicted molar refractivity (Wildman–Crippen MR) is 79.5 cm³/mol. The van der Waals surface area contributed by atoms with Crippen molar-refractivity contribution >= 4 is 11.4 Å². The van der Waals surface area contributed by atoms with E-state index in [0.29, 0.717) is 6.54 Å². The molecule has 0 aromatic carbocycles. The van der Waals surface area contributed by atoms with Crippen LogP contribution >= 0.6 is 0 Å². The van der Waals surface area contributed by atoms with E-state index in [-0.39, 0.29) is 0 Å². The first-order valence-corrected chi connectivity index (χ1v) is 7.37. The van der Waals surface area contributed by atoms with Gasteiger partial charge >= 0.3 is 0 Å². The molecule has 1 aromatic rings. The number of aromatic nitrogens is 1. The zero-order valence-electron chi connectivity index (χ0n) is 11.8. The molecular weight excluding hydrogens is 238 g/mol. The van der Waals surface area contributed by atoms with E-state index in [0.717, 1.165) is 43.6 Å². The summed E-state index contributed by atoms with van der Waals surface area (Å²) in [6.07, 6.45) is 10.2. The Balaban J connectivity index is 1.91. The second-order valence-corrected chi connectivity index (χ2v) is 5.48. The second kappa shape index (κ2) is 6.75. The lowest BCUT2D eigenvalue weighted by Gasteiger charge is -2.27. The molecule has 1 saturated carbocycles. The van der Waals surface area contributed by atoms with Gasteiger partial charge in [0.1, 0.15) is 0 Å². The summed E-state index contributed by atoms with van der Waals surface area (Å²) in [7, 11) is 0. The van der Waals surface area contributed by atoms with Crippen LogP contribution in [-0.2, 0) is 0 Å². The number of hydrogen-bond donors (Lipinski definition) is 3. The summed E-state index contributed by atoms with van der Waals surface area (Å²) in [4.78, 5) is 4.20. The van der Waals surface area contributed by atoms with Crippen LogP contribution in [0.1, 0.15) is 45.4 Å². The van der Waals surface area contributed by atoms with Crippen molar-refractivity contribution in [2.24, 2.45) is 0 Å². The third-order valence-electron chi connectivity index (χ3n) is 3.77. The van der Waals surface area contributed by atoms with Crippen molar-refractivity contribution in [3.63, 3.8) is 0 Å². The third-order valence-corrected chi connectivity index (χ3v) is 3.77. The van der Waals surface area contributed by atoms with Crippen LogP contribution in [0.4, 0.5) is 11.4 Å². The molecule has 0 atom stereocenters. The first kappa shape index (κ1) is 14.1. The molecule has 1 aromatic heterocycles. The Kier molecular flexibility index (Phi) is 5.02. The number of aliphatic hydroxyl groups is 1. The summed E-state index contributed by atoms with van der Waals surface area (Å²) in [6, 6.07) is 2.04. The fourth-order valence-corrected chi connectivity index (χ4v) is 2.67. The van der Waals surface area contributed by atoms with Gasteiger partial charge in [0.05, 0.1) is 29.4 Å². The number of hydrogen-bond acceptors (Lipinski definition) is 4. The van der Waals surface area contributed by atoms with E-state index >= 15 is 0 Å². The Bertz CT molecular complexity index is 387. The molecule has 1 aliphatic rings. The Hall–Kier alpha value is -1.29. The predicted octanol–water partition coefficient (Wildman–Crippen LogP) is 3.01. The van der Waals surface area contributed by atoms with E-state index in [1.165, 1.54) is 12.8 Å². The van der Waals surface area contributed by atoms with Crippen LogP contribution in [0.15, 0.2) is 18.5 Å². The smallest absolute Gasteiger partial charge is 0.0819 e. The van der Waals surface area contributed by atoms with Gasteiger partial charge in [-0.25, -0.2) is 0 Å². The molecule has 0 spiro atoms. The number of anilines is 2. The third kappa shape index (κ3) is 4.39. The molecular formula is C15H25N3O. The van der Waals surface area contributed by atoms with Crippen LogP contribution in [0, 0.1) is 0 Å². The summed E-state index contributed by atoms with van der Waals surface area (Å²) in [5, 5.41) is 17.2. The summed E-state index contributed by atoms with van der Waals surface area (Å²) >= 11 is 0. The highest BCUT2D eigenvalue weighted by molar-refractivity contribution is 5.54. The van der Waals surface area contributed by atoms with Crippen molar-refractivity contribution in [2.75, 3.05) is 23.7 Å². The van der Waals surface area contributed by atoms with Gasteiger partial charge in [0, 0.05) is 13.1 Å². The van der Waals surface area contributed by atoms with Gasteiger partial charge < -0.3 is 15.7 Å². The van der Waals surface area contributed by atoms with Crippen LogP contribution in [0.5, 0.6) is 0 Å². The van der Waals surface area contributed by atoms with E-state index in [2.05, 4.69) is 22.5 Å². The van der Waals surface area contributed by atoms with Crippen molar-refractivity contribution < 1.29 is 5.11 Å². The molecule has 0 amide bonds. The standard InChI is InChI=1S/C15H25N3O/c1-2-17-13-9-14(11-16-10-13)18-12-15(19)7-5-3-4-6-8-15/h9-11,17-19H,2-8,12H2,1H3. The summed E-state index contributed by atoms with van der Waals surface area (Å²) < 4.78 is 0. The van der Waals surface area contributed by atoms with Crippen molar-refractivity contribution in [2.45, 2.75) is 51.0 Å². The number of nitrogens with one attached hydrogen (secondary N) is 2. The number of nitrogens with zero attached hydrogens (tertiary/aromatic N) is 1. The molecule has 4 heteroatoms. The Labute approximate surface area is 115 Å². The van der Waals surface area contributed by atoms with Crippen molar-refractivity contribution in [1.29, 1.82) is 0 Å². The monoisotopic (exact) mass is 263 g/mol. The summed E-state index contributed by atoms with van der Waals surface area (Å²) in [5.74, 6) is 0. The molecule has 1 heterocycles. The van der Waals surface area contributed by atoms with Gasteiger partial charge in [-0.1, -0.05) is 25.7 Å². The Morgan fingerprint density at radius 1 is 1.11 bits per heavy atom. The van der Waals surface area contributed by atoms with Crippen LogP contribution in [-0.4, -0.2) is 28.8 Å². The van der Waals surface area contributed by atoms with E-state index in [4.69, 9.17) is 0 Å². The highest BCUT2D eigenvalue weighted by Crippen LogP contribution is 2.27.